The van der Waals surface area contributed by atoms with Crippen LogP contribution in [-0.2, 0) is 9.59 Å². The SMILES string of the molecule is CCOc1ccccc1NC1=C(c2ccc(OC)cc2)C(=O)N(c2cc(C)ccc2C)C1=O. The second kappa shape index (κ2) is 9.20. The Morgan fingerprint density at radius 3 is 2.33 bits per heavy atom. The predicted octanol–water partition coefficient (Wildman–Crippen LogP) is 5.11. The van der Waals surface area contributed by atoms with Crippen molar-refractivity contribution in [1.29, 1.82) is 0 Å². The maximum absolute atomic E-state index is 13.7. The number of imide groups is 1. The molecule has 0 saturated heterocycles. The van der Waals surface area contributed by atoms with Crippen LogP contribution in [0.5, 0.6) is 11.5 Å². The number of benzene rings is 3. The number of carbonyl (C=O) groups excluding carboxylic acids is 2. The van der Waals surface area contributed by atoms with Gasteiger partial charge in [0.1, 0.15) is 17.2 Å². The lowest BCUT2D eigenvalue weighted by Gasteiger charge is -2.19. The maximum atomic E-state index is 13.7. The van der Waals surface area contributed by atoms with E-state index in [4.69, 9.17) is 9.47 Å². The molecule has 168 valence electrons. The van der Waals surface area contributed by atoms with Gasteiger partial charge in [-0.2, -0.15) is 0 Å². The number of rotatable bonds is 7. The van der Waals surface area contributed by atoms with Crippen LogP contribution in [-0.4, -0.2) is 25.5 Å². The van der Waals surface area contributed by atoms with Gasteiger partial charge in [-0.3, -0.25) is 9.59 Å². The lowest BCUT2D eigenvalue weighted by molar-refractivity contribution is -0.120. The molecule has 3 aromatic carbocycles. The topological polar surface area (TPSA) is 67.9 Å². The number of para-hydroxylation sites is 2. The summed E-state index contributed by atoms with van der Waals surface area (Å²) in [5, 5.41) is 3.20. The van der Waals surface area contributed by atoms with Crippen molar-refractivity contribution in [2.45, 2.75) is 20.8 Å². The number of hydrogen-bond donors (Lipinski definition) is 1. The first-order chi connectivity index (χ1) is 15.9. The summed E-state index contributed by atoms with van der Waals surface area (Å²) in [5.41, 5.74) is 4.12. The van der Waals surface area contributed by atoms with Gasteiger partial charge in [-0.25, -0.2) is 4.90 Å². The van der Waals surface area contributed by atoms with Crippen LogP contribution in [0.1, 0.15) is 23.6 Å². The molecule has 3 aromatic rings. The van der Waals surface area contributed by atoms with Crippen molar-refractivity contribution in [3.63, 3.8) is 0 Å². The Morgan fingerprint density at radius 1 is 0.909 bits per heavy atom. The molecule has 6 heteroatoms. The minimum atomic E-state index is -0.411. The van der Waals surface area contributed by atoms with Crippen LogP contribution < -0.4 is 19.7 Å². The standard InChI is InChI=1S/C27H26N2O4/c1-5-33-23-9-7-6-8-21(23)28-25-24(19-12-14-20(32-4)15-13-19)26(30)29(27(25)31)22-16-17(2)10-11-18(22)3/h6-16,28H,5H2,1-4H3. The molecule has 1 aliphatic rings. The quantitative estimate of drug-likeness (QED) is 0.515. The molecule has 0 radical (unpaired) electrons. The van der Waals surface area contributed by atoms with Gasteiger partial charge in [-0.1, -0.05) is 36.4 Å². The number of aryl methyl sites for hydroxylation is 2. The number of methoxy groups -OCH3 is 1. The van der Waals surface area contributed by atoms with Gasteiger partial charge in [0.25, 0.3) is 11.8 Å². The van der Waals surface area contributed by atoms with Gasteiger partial charge >= 0.3 is 0 Å². The van der Waals surface area contributed by atoms with Crippen molar-refractivity contribution in [2.24, 2.45) is 0 Å². The minimum absolute atomic E-state index is 0.207. The van der Waals surface area contributed by atoms with Crippen molar-refractivity contribution in [2.75, 3.05) is 23.9 Å². The van der Waals surface area contributed by atoms with E-state index in [1.165, 1.54) is 4.90 Å². The molecular weight excluding hydrogens is 416 g/mol. The third-order valence-corrected chi connectivity index (χ3v) is 5.51. The monoisotopic (exact) mass is 442 g/mol. The molecule has 0 fully saturated rings. The van der Waals surface area contributed by atoms with E-state index in [1.807, 2.05) is 63.2 Å². The zero-order valence-electron chi connectivity index (χ0n) is 19.1. The van der Waals surface area contributed by atoms with E-state index in [1.54, 1.807) is 31.4 Å². The van der Waals surface area contributed by atoms with Crippen LogP contribution in [0.4, 0.5) is 11.4 Å². The largest absolute Gasteiger partial charge is 0.497 e. The minimum Gasteiger partial charge on any atom is -0.497 e. The van der Waals surface area contributed by atoms with Gasteiger partial charge in [0.15, 0.2) is 0 Å². The highest BCUT2D eigenvalue weighted by molar-refractivity contribution is 6.46. The van der Waals surface area contributed by atoms with Crippen LogP contribution in [0.3, 0.4) is 0 Å². The van der Waals surface area contributed by atoms with Crippen LogP contribution in [0, 0.1) is 13.8 Å². The van der Waals surface area contributed by atoms with Gasteiger partial charge in [-0.15, -0.1) is 0 Å². The third kappa shape index (κ3) is 4.20. The molecule has 1 aliphatic heterocycles. The summed E-state index contributed by atoms with van der Waals surface area (Å²) in [6, 6.07) is 20.2. The van der Waals surface area contributed by atoms with Gasteiger partial charge in [0, 0.05) is 0 Å². The zero-order valence-corrected chi connectivity index (χ0v) is 19.1. The Morgan fingerprint density at radius 2 is 1.64 bits per heavy atom. The Balaban J connectivity index is 1.85. The van der Waals surface area contributed by atoms with E-state index in [0.717, 1.165) is 11.1 Å². The van der Waals surface area contributed by atoms with E-state index in [9.17, 15) is 9.59 Å². The molecular formula is C27H26N2O4. The molecule has 0 unspecified atom stereocenters. The number of anilines is 2. The van der Waals surface area contributed by atoms with Gasteiger partial charge in [0.2, 0.25) is 0 Å². The summed E-state index contributed by atoms with van der Waals surface area (Å²) in [7, 11) is 1.58. The number of nitrogens with one attached hydrogen (secondary N) is 1. The summed E-state index contributed by atoms with van der Waals surface area (Å²) in [6.45, 7) is 6.19. The maximum Gasteiger partial charge on any atom is 0.282 e. The second-order valence-electron chi connectivity index (χ2n) is 7.77. The molecule has 0 aromatic heterocycles. The van der Waals surface area contributed by atoms with E-state index in [2.05, 4.69) is 5.32 Å². The van der Waals surface area contributed by atoms with E-state index >= 15 is 0 Å². The van der Waals surface area contributed by atoms with Crippen LogP contribution in [0.15, 0.2) is 72.4 Å². The number of carbonyl (C=O) groups is 2. The summed E-state index contributed by atoms with van der Waals surface area (Å²) >= 11 is 0. The van der Waals surface area contributed by atoms with Gasteiger partial charge in [0.05, 0.1) is 30.7 Å². The molecule has 4 rings (SSSR count). The average Bonchev–Trinajstić information content (AvgIpc) is 3.06. The van der Waals surface area contributed by atoms with Crippen LogP contribution in [0.2, 0.25) is 0 Å². The Labute approximate surface area is 193 Å². The van der Waals surface area contributed by atoms with Crippen molar-refractivity contribution < 1.29 is 19.1 Å². The van der Waals surface area contributed by atoms with Crippen molar-refractivity contribution in [3.05, 3.63) is 89.1 Å². The zero-order chi connectivity index (χ0) is 23.5. The Kier molecular flexibility index (Phi) is 6.18. The van der Waals surface area contributed by atoms with Gasteiger partial charge < -0.3 is 14.8 Å². The molecule has 0 bridgehead atoms. The van der Waals surface area contributed by atoms with Crippen molar-refractivity contribution in [1.82, 2.24) is 0 Å². The van der Waals surface area contributed by atoms with Crippen molar-refractivity contribution >= 4 is 28.8 Å². The Hall–Kier alpha value is -4.06. The molecule has 2 amide bonds. The molecule has 33 heavy (non-hydrogen) atoms. The molecule has 0 aliphatic carbocycles. The van der Waals surface area contributed by atoms with E-state index in [-0.39, 0.29) is 11.6 Å². The molecule has 0 atom stereocenters. The molecule has 0 spiro atoms. The molecule has 1 heterocycles. The average molecular weight is 443 g/mol. The fourth-order valence-electron chi connectivity index (χ4n) is 3.84. The third-order valence-electron chi connectivity index (χ3n) is 5.51. The highest BCUT2D eigenvalue weighted by Gasteiger charge is 2.41. The highest BCUT2D eigenvalue weighted by atomic mass is 16.5. The Bertz CT molecular complexity index is 1250. The smallest absolute Gasteiger partial charge is 0.282 e. The van der Waals surface area contributed by atoms with Crippen LogP contribution in [0.25, 0.3) is 5.57 Å². The number of ether oxygens (including phenoxy) is 2. The summed E-state index contributed by atoms with van der Waals surface area (Å²) in [6.07, 6.45) is 0. The fourth-order valence-corrected chi connectivity index (χ4v) is 3.84. The highest BCUT2D eigenvalue weighted by Crippen LogP contribution is 2.37. The van der Waals surface area contributed by atoms with Crippen molar-refractivity contribution in [3.8, 4) is 11.5 Å². The molecule has 0 saturated carbocycles. The first-order valence-corrected chi connectivity index (χ1v) is 10.8. The van der Waals surface area contributed by atoms with E-state index in [0.29, 0.717) is 40.6 Å². The van der Waals surface area contributed by atoms with Crippen LogP contribution >= 0.6 is 0 Å². The lowest BCUT2D eigenvalue weighted by Crippen LogP contribution is -2.33. The second-order valence-corrected chi connectivity index (χ2v) is 7.77. The summed E-state index contributed by atoms with van der Waals surface area (Å²) < 4.78 is 11.0. The normalized spacial score (nSPS) is 13.5. The number of amides is 2. The first kappa shape index (κ1) is 22.1. The number of hydrogen-bond acceptors (Lipinski definition) is 5. The van der Waals surface area contributed by atoms with E-state index < -0.39 is 5.91 Å². The molecule has 6 nitrogen and oxygen atoms in total. The molecule has 1 N–H and O–H groups in total. The first-order valence-electron chi connectivity index (χ1n) is 10.8. The fraction of sp³-hybridized carbons (Fsp3) is 0.185. The predicted molar refractivity (Wildman–Crippen MR) is 130 cm³/mol. The number of nitrogens with zero attached hydrogens (tertiary/aromatic N) is 1. The van der Waals surface area contributed by atoms with Gasteiger partial charge in [-0.05, 0) is 67.8 Å². The summed E-state index contributed by atoms with van der Waals surface area (Å²) in [4.78, 5) is 28.6. The summed E-state index contributed by atoms with van der Waals surface area (Å²) in [5.74, 6) is 0.479. The lowest BCUT2D eigenvalue weighted by atomic mass is 10.0.